The van der Waals surface area contributed by atoms with Gasteiger partial charge in [0, 0.05) is 18.8 Å². The van der Waals surface area contributed by atoms with Gasteiger partial charge in [0.25, 0.3) is 0 Å². The number of nitrogens with zero attached hydrogens (tertiary/aromatic N) is 4. The number of ether oxygens (including phenoxy) is 1. The van der Waals surface area contributed by atoms with Crippen molar-refractivity contribution in [2.24, 2.45) is 0 Å². The standard InChI is InChI=1S/C15H18N6O/c1-2-4-11(7-10-5-3-6-17-8-10)22-15-20-13(16)12-14(21-15)19-9-18-12/h3,5-6,8-9,11H,2,4,7H2,1H3,(H3,16,18,19,20,21). The van der Waals surface area contributed by atoms with Crippen molar-refractivity contribution < 1.29 is 4.74 Å². The second-order valence-corrected chi connectivity index (χ2v) is 5.09. The number of rotatable bonds is 6. The van der Waals surface area contributed by atoms with Crippen LogP contribution in [0.2, 0.25) is 0 Å². The minimum absolute atomic E-state index is 0.0232. The molecule has 0 saturated heterocycles. The first-order valence-electron chi connectivity index (χ1n) is 7.28. The Morgan fingerprint density at radius 1 is 1.36 bits per heavy atom. The summed E-state index contributed by atoms with van der Waals surface area (Å²) in [6.45, 7) is 2.12. The summed E-state index contributed by atoms with van der Waals surface area (Å²) >= 11 is 0. The van der Waals surface area contributed by atoms with E-state index in [9.17, 15) is 0 Å². The van der Waals surface area contributed by atoms with E-state index in [1.165, 1.54) is 0 Å². The van der Waals surface area contributed by atoms with Gasteiger partial charge in [-0.25, -0.2) is 4.98 Å². The summed E-state index contributed by atoms with van der Waals surface area (Å²) in [6, 6.07) is 4.22. The van der Waals surface area contributed by atoms with Crippen LogP contribution in [0.15, 0.2) is 30.9 Å². The third kappa shape index (κ3) is 3.13. The molecule has 3 rings (SSSR count). The summed E-state index contributed by atoms with van der Waals surface area (Å²) < 4.78 is 5.93. The van der Waals surface area contributed by atoms with Crippen LogP contribution < -0.4 is 10.5 Å². The van der Waals surface area contributed by atoms with E-state index in [-0.39, 0.29) is 12.1 Å². The summed E-state index contributed by atoms with van der Waals surface area (Å²) in [5, 5.41) is 0. The lowest BCUT2D eigenvalue weighted by atomic mass is 10.1. The Labute approximate surface area is 128 Å². The normalized spacial score (nSPS) is 12.4. The number of nitrogen functional groups attached to an aromatic ring is 1. The van der Waals surface area contributed by atoms with E-state index in [0.717, 1.165) is 24.8 Å². The maximum Gasteiger partial charge on any atom is 0.320 e. The first kappa shape index (κ1) is 14.2. The number of hydrogen-bond donors (Lipinski definition) is 2. The van der Waals surface area contributed by atoms with Crippen LogP contribution in [0.3, 0.4) is 0 Å². The van der Waals surface area contributed by atoms with Crippen molar-refractivity contribution in [2.45, 2.75) is 32.3 Å². The highest BCUT2D eigenvalue weighted by Gasteiger charge is 2.15. The summed E-state index contributed by atoms with van der Waals surface area (Å²) in [5.74, 6) is 0.342. The molecular weight excluding hydrogens is 280 g/mol. The molecule has 0 aromatic carbocycles. The minimum Gasteiger partial charge on any atom is -0.460 e. The van der Waals surface area contributed by atoms with Gasteiger partial charge in [0.2, 0.25) is 0 Å². The minimum atomic E-state index is -0.0232. The number of H-pyrrole nitrogens is 1. The molecule has 3 aromatic rings. The molecule has 0 bridgehead atoms. The first-order valence-corrected chi connectivity index (χ1v) is 7.28. The first-order chi connectivity index (χ1) is 10.8. The molecule has 0 aliphatic heterocycles. The van der Waals surface area contributed by atoms with Gasteiger partial charge >= 0.3 is 6.01 Å². The van der Waals surface area contributed by atoms with E-state index in [0.29, 0.717) is 17.0 Å². The number of aromatic amines is 1. The van der Waals surface area contributed by atoms with E-state index in [1.807, 2.05) is 18.3 Å². The van der Waals surface area contributed by atoms with Crippen LogP contribution >= 0.6 is 0 Å². The Bertz CT molecular complexity index is 742. The lowest BCUT2D eigenvalue weighted by molar-refractivity contribution is 0.175. The van der Waals surface area contributed by atoms with Gasteiger partial charge in [-0.2, -0.15) is 9.97 Å². The molecule has 0 spiro atoms. The van der Waals surface area contributed by atoms with Gasteiger partial charge in [0.15, 0.2) is 11.5 Å². The van der Waals surface area contributed by atoms with Gasteiger partial charge in [-0.05, 0) is 18.1 Å². The number of nitrogens with one attached hydrogen (secondary N) is 1. The zero-order chi connectivity index (χ0) is 15.4. The maximum atomic E-state index is 5.93. The Morgan fingerprint density at radius 3 is 3.05 bits per heavy atom. The van der Waals surface area contributed by atoms with Crippen molar-refractivity contribution in [3.8, 4) is 6.01 Å². The van der Waals surface area contributed by atoms with Crippen molar-refractivity contribution in [3.05, 3.63) is 36.4 Å². The van der Waals surface area contributed by atoms with E-state index in [2.05, 4.69) is 31.8 Å². The Hall–Kier alpha value is -2.70. The smallest absolute Gasteiger partial charge is 0.320 e. The van der Waals surface area contributed by atoms with Gasteiger partial charge in [0.05, 0.1) is 6.33 Å². The summed E-state index contributed by atoms with van der Waals surface area (Å²) in [4.78, 5) is 19.6. The lowest BCUT2D eigenvalue weighted by Gasteiger charge is -2.17. The van der Waals surface area contributed by atoms with Gasteiger partial charge in [-0.1, -0.05) is 19.4 Å². The number of hydrogen-bond acceptors (Lipinski definition) is 6. The molecule has 0 radical (unpaired) electrons. The van der Waals surface area contributed by atoms with E-state index >= 15 is 0 Å². The summed E-state index contributed by atoms with van der Waals surface area (Å²) in [7, 11) is 0. The quantitative estimate of drug-likeness (QED) is 0.722. The molecule has 1 unspecified atom stereocenters. The van der Waals surface area contributed by atoms with Crippen molar-refractivity contribution >= 4 is 17.0 Å². The lowest BCUT2D eigenvalue weighted by Crippen LogP contribution is -2.21. The molecular formula is C15H18N6O. The van der Waals surface area contributed by atoms with Crippen molar-refractivity contribution in [2.75, 3.05) is 5.73 Å². The van der Waals surface area contributed by atoms with Crippen LogP contribution in [0.4, 0.5) is 5.82 Å². The fourth-order valence-corrected chi connectivity index (χ4v) is 2.34. The van der Waals surface area contributed by atoms with Crippen LogP contribution in [-0.4, -0.2) is 31.0 Å². The number of imidazole rings is 1. The van der Waals surface area contributed by atoms with Crippen LogP contribution in [0.5, 0.6) is 6.01 Å². The van der Waals surface area contributed by atoms with Crippen molar-refractivity contribution in [1.82, 2.24) is 24.9 Å². The number of pyridine rings is 1. The fourth-order valence-electron chi connectivity index (χ4n) is 2.34. The molecule has 0 amide bonds. The average Bonchev–Trinajstić information content (AvgIpc) is 2.97. The molecule has 7 nitrogen and oxygen atoms in total. The predicted molar refractivity (Wildman–Crippen MR) is 83.4 cm³/mol. The van der Waals surface area contributed by atoms with Crippen molar-refractivity contribution in [1.29, 1.82) is 0 Å². The molecule has 0 saturated carbocycles. The number of aromatic nitrogens is 5. The second-order valence-electron chi connectivity index (χ2n) is 5.09. The van der Waals surface area contributed by atoms with Crippen LogP contribution in [0, 0.1) is 0 Å². The largest absolute Gasteiger partial charge is 0.460 e. The van der Waals surface area contributed by atoms with Gasteiger partial charge < -0.3 is 15.5 Å². The molecule has 0 aliphatic rings. The summed E-state index contributed by atoms with van der Waals surface area (Å²) in [6.07, 6.45) is 7.78. The highest BCUT2D eigenvalue weighted by molar-refractivity contribution is 5.81. The second kappa shape index (κ2) is 6.38. The molecule has 114 valence electrons. The molecule has 22 heavy (non-hydrogen) atoms. The van der Waals surface area contributed by atoms with Gasteiger partial charge in [-0.15, -0.1) is 0 Å². The fraction of sp³-hybridized carbons (Fsp3) is 0.333. The summed E-state index contributed by atoms with van der Waals surface area (Å²) in [5.41, 5.74) is 8.16. The Balaban J connectivity index is 1.79. The zero-order valence-corrected chi connectivity index (χ0v) is 12.4. The highest BCUT2D eigenvalue weighted by atomic mass is 16.5. The van der Waals surface area contributed by atoms with Crippen LogP contribution in [0.25, 0.3) is 11.2 Å². The van der Waals surface area contributed by atoms with E-state index in [4.69, 9.17) is 10.5 Å². The Kier molecular flexibility index (Phi) is 4.13. The zero-order valence-electron chi connectivity index (χ0n) is 12.4. The Morgan fingerprint density at radius 2 is 2.27 bits per heavy atom. The molecule has 1 atom stereocenters. The molecule has 3 heterocycles. The molecule has 0 fully saturated rings. The van der Waals surface area contributed by atoms with Crippen LogP contribution in [-0.2, 0) is 6.42 Å². The molecule has 7 heteroatoms. The molecule has 3 aromatic heterocycles. The number of fused-ring (bicyclic) bond motifs is 1. The van der Waals surface area contributed by atoms with E-state index in [1.54, 1.807) is 12.5 Å². The van der Waals surface area contributed by atoms with Gasteiger partial charge in [0.1, 0.15) is 11.6 Å². The number of anilines is 1. The highest BCUT2D eigenvalue weighted by Crippen LogP contribution is 2.19. The number of nitrogens with two attached hydrogens (primary N) is 1. The molecule has 3 N–H and O–H groups in total. The third-order valence-electron chi connectivity index (χ3n) is 3.36. The maximum absolute atomic E-state index is 5.93. The SMILES string of the molecule is CCCC(Cc1cccnc1)Oc1nc(N)c2[nH]cnc2n1. The topological polar surface area (TPSA) is 103 Å². The molecule has 0 aliphatic carbocycles. The van der Waals surface area contributed by atoms with Crippen molar-refractivity contribution in [3.63, 3.8) is 0 Å². The third-order valence-corrected chi connectivity index (χ3v) is 3.36. The van der Waals surface area contributed by atoms with E-state index < -0.39 is 0 Å². The van der Waals surface area contributed by atoms with Gasteiger partial charge in [-0.3, -0.25) is 4.98 Å². The predicted octanol–water partition coefficient (Wildman–Crippen LogP) is 2.12. The monoisotopic (exact) mass is 298 g/mol. The average molecular weight is 298 g/mol. The van der Waals surface area contributed by atoms with Crippen LogP contribution in [0.1, 0.15) is 25.3 Å².